The van der Waals surface area contributed by atoms with Crippen LogP contribution < -0.4 is 10.2 Å². The van der Waals surface area contributed by atoms with Crippen molar-refractivity contribution in [2.45, 2.75) is 6.92 Å². The molecule has 4 nitrogen and oxygen atoms in total. The molecule has 1 N–H and O–H groups in total. The van der Waals surface area contributed by atoms with E-state index in [4.69, 9.17) is 4.74 Å². The molecular weight excluding hydrogens is 349 g/mol. The largest absolute Gasteiger partial charge is 0.494 e. The molecule has 0 aliphatic carbocycles. The number of amidine groups is 1. The van der Waals surface area contributed by atoms with E-state index in [0.29, 0.717) is 29.4 Å². The fourth-order valence-electron chi connectivity index (χ4n) is 2.73. The van der Waals surface area contributed by atoms with Crippen molar-refractivity contribution in [3.05, 3.63) is 81.8 Å². The predicted molar refractivity (Wildman–Crippen MR) is 103 cm³/mol. The fourth-order valence-corrected chi connectivity index (χ4v) is 3.39. The van der Waals surface area contributed by atoms with Crippen LogP contribution in [-0.4, -0.2) is 18.2 Å². The van der Waals surface area contributed by atoms with E-state index >= 15 is 0 Å². The Morgan fingerprint density at radius 3 is 2.69 bits per heavy atom. The minimum absolute atomic E-state index is 0.322. The molecule has 0 spiro atoms. The summed E-state index contributed by atoms with van der Waals surface area (Å²) < 4.78 is 19.4. The van der Waals surface area contributed by atoms with Gasteiger partial charge in [0.05, 0.1) is 17.2 Å². The molecule has 0 bridgehead atoms. The van der Waals surface area contributed by atoms with Crippen LogP contribution in [-0.2, 0) is 0 Å². The third-order valence-corrected chi connectivity index (χ3v) is 4.79. The minimum Gasteiger partial charge on any atom is -0.494 e. The zero-order valence-corrected chi connectivity index (χ0v) is 14.9. The minimum atomic E-state index is -0.322. The predicted octanol–water partition coefficient (Wildman–Crippen LogP) is 4.72. The number of fused-ring (bicyclic) bond motifs is 1. The molecule has 2 aromatic carbocycles. The van der Waals surface area contributed by atoms with Gasteiger partial charge in [-0.25, -0.2) is 9.38 Å². The monoisotopic (exact) mass is 365 g/mol. The van der Waals surface area contributed by atoms with Crippen molar-refractivity contribution in [3.63, 3.8) is 0 Å². The lowest BCUT2D eigenvalue weighted by Crippen LogP contribution is -2.18. The molecule has 6 heteroatoms. The molecule has 0 fully saturated rings. The summed E-state index contributed by atoms with van der Waals surface area (Å²) in [6.45, 7) is 2.55. The molecular formula is C20H16FN3OS. The molecule has 130 valence electrons. The van der Waals surface area contributed by atoms with E-state index in [1.807, 2.05) is 48.7 Å². The van der Waals surface area contributed by atoms with Crippen molar-refractivity contribution in [1.82, 2.24) is 5.43 Å². The van der Waals surface area contributed by atoms with Gasteiger partial charge in [0.25, 0.3) is 0 Å². The number of ether oxygens (including phenoxy) is 1. The van der Waals surface area contributed by atoms with Crippen LogP contribution in [0.2, 0.25) is 0 Å². The topological polar surface area (TPSA) is 46.0 Å². The Kier molecular flexibility index (Phi) is 4.50. The number of thiophene rings is 1. The number of halogens is 1. The Hall–Kier alpha value is -2.99. The molecule has 1 aliphatic heterocycles. The van der Waals surface area contributed by atoms with Crippen LogP contribution in [0.4, 0.5) is 10.1 Å². The molecule has 1 aliphatic rings. The van der Waals surface area contributed by atoms with Gasteiger partial charge < -0.3 is 4.74 Å². The average Bonchev–Trinajstić information content (AvgIpc) is 3.12. The first kappa shape index (κ1) is 16.5. The van der Waals surface area contributed by atoms with E-state index in [1.165, 1.54) is 12.1 Å². The Bertz CT molecular complexity index is 979. The van der Waals surface area contributed by atoms with Crippen LogP contribution in [0.15, 0.2) is 70.1 Å². The average molecular weight is 365 g/mol. The van der Waals surface area contributed by atoms with Crippen molar-refractivity contribution in [1.29, 1.82) is 0 Å². The van der Waals surface area contributed by atoms with Crippen molar-refractivity contribution in [3.8, 4) is 5.75 Å². The first-order valence-corrected chi connectivity index (χ1v) is 9.12. The summed E-state index contributed by atoms with van der Waals surface area (Å²) in [5.74, 6) is 1.11. The second-order valence-corrected chi connectivity index (χ2v) is 6.58. The molecule has 0 unspecified atom stereocenters. The van der Waals surface area contributed by atoms with Gasteiger partial charge >= 0.3 is 0 Å². The Morgan fingerprint density at radius 2 is 1.96 bits per heavy atom. The highest BCUT2D eigenvalue weighted by molar-refractivity contribution is 7.12. The SMILES string of the molecule is CCOc1ccc(C2=NNC(c3cccs3)=Nc3ccc(F)cc32)cc1. The van der Waals surface area contributed by atoms with Gasteiger partial charge in [0, 0.05) is 11.1 Å². The van der Waals surface area contributed by atoms with Crippen LogP contribution in [0.25, 0.3) is 0 Å². The second-order valence-electron chi connectivity index (χ2n) is 5.63. The summed E-state index contributed by atoms with van der Waals surface area (Å²) in [6.07, 6.45) is 0. The summed E-state index contributed by atoms with van der Waals surface area (Å²) >= 11 is 1.57. The van der Waals surface area contributed by atoms with Crippen LogP contribution in [0.1, 0.15) is 22.9 Å². The standard InChI is InChI=1S/C20H16FN3OS/c1-2-25-15-8-5-13(6-9-15)19-16-12-14(21)7-10-17(16)22-20(24-23-19)18-4-3-11-26-18/h3-12H,2H2,1H3,(H,22,24). The highest BCUT2D eigenvalue weighted by Crippen LogP contribution is 2.28. The zero-order valence-electron chi connectivity index (χ0n) is 14.1. The molecule has 1 aromatic heterocycles. The van der Waals surface area contributed by atoms with Crippen LogP contribution in [0, 0.1) is 5.82 Å². The Morgan fingerprint density at radius 1 is 1.12 bits per heavy atom. The lowest BCUT2D eigenvalue weighted by Gasteiger charge is -2.09. The van der Waals surface area contributed by atoms with E-state index in [-0.39, 0.29) is 5.82 Å². The van der Waals surface area contributed by atoms with Crippen LogP contribution >= 0.6 is 11.3 Å². The summed E-state index contributed by atoms with van der Waals surface area (Å²) in [7, 11) is 0. The van der Waals surface area contributed by atoms with Gasteiger partial charge in [-0.1, -0.05) is 6.07 Å². The quantitative estimate of drug-likeness (QED) is 0.727. The smallest absolute Gasteiger partial charge is 0.164 e. The van der Waals surface area contributed by atoms with E-state index in [2.05, 4.69) is 15.5 Å². The van der Waals surface area contributed by atoms with Gasteiger partial charge in [-0.2, -0.15) is 5.10 Å². The summed E-state index contributed by atoms with van der Waals surface area (Å²) in [5.41, 5.74) is 5.85. The normalized spacial score (nSPS) is 13.2. The Labute approximate surface area is 154 Å². The Balaban J connectivity index is 1.80. The number of hydrazone groups is 1. The second kappa shape index (κ2) is 7.09. The highest BCUT2D eigenvalue weighted by atomic mass is 32.1. The lowest BCUT2D eigenvalue weighted by molar-refractivity contribution is 0.340. The zero-order chi connectivity index (χ0) is 17.9. The van der Waals surface area contributed by atoms with Gasteiger partial charge in [0.2, 0.25) is 0 Å². The van der Waals surface area contributed by atoms with Crippen molar-refractivity contribution in [2.24, 2.45) is 10.1 Å². The van der Waals surface area contributed by atoms with Crippen molar-refractivity contribution < 1.29 is 9.13 Å². The summed E-state index contributed by atoms with van der Waals surface area (Å²) in [5, 5.41) is 6.50. The first-order valence-electron chi connectivity index (χ1n) is 8.24. The maximum absolute atomic E-state index is 13.9. The van der Waals surface area contributed by atoms with E-state index in [9.17, 15) is 4.39 Å². The van der Waals surface area contributed by atoms with E-state index in [0.717, 1.165) is 16.2 Å². The van der Waals surface area contributed by atoms with Crippen molar-refractivity contribution in [2.75, 3.05) is 6.61 Å². The fraction of sp³-hybridized carbons (Fsp3) is 0.100. The molecule has 0 saturated carbocycles. The molecule has 0 atom stereocenters. The molecule has 0 saturated heterocycles. The van der Waals surface area contributed by atoms with Crippen LogP contribution in [0.5, 0.6) is 5.75 Å². The maximum atomic E-state index is 13.9. The maximum Gasteiger partial charge on any atom is 0.164 e. The molecule has 4 rings (SSSR count). The van der Waals surface area contributed by atoms with E-state index in [1.54, 1.807) is 17.4 Å². The number of hydrogen-bond donors (Lipinski definition) is 1. The summed E-state index contributed by atoms with van der Waals surface area (Å²) in [6, 6.07) is 16.1. The third kappa shape index (κ3) is 3.23. The third-order valence-electron chi connectivity index (χ3n) is 3.91. The number of rotatable bonds is 4. The number of nitrogens with one attached hydrogen (secondary N) is 1. The number of aliphatic imine (C=N–C) groups is 1. The summed E-state index contributed by atoms with van der Waals surface area (Å²) in [4.78, 5) is 5.62. The van der Waals surface area contributed by atoms with Gasteiger partial charge in [0.1, 0.15) is 17.3 Å². The molecule has 3 aromatic rings. The number of hydrogen-bond acceptors (Lipinski definition) is 5. The molecule has 2 heterocycles. The van der Waals surface area contributed by atoms with Gasteiger partial charge in [0.15, 0.2) is 5.84 Å². The van der Waals surface area contributed by atoms with Crippen LogP contribution in [0.3, 0.4) is 0 Å². The van der Waals surface area contributed by atoms with E-state index < -0.39 is 0 Å². The molecule has 0 radical (unpaired) electrons. The van der Waals surface area contributed by atoms with Gasteiger partial charge in [-0.15, -0.1) is 11.3 Å². The highest BCUT2D eigenvalue weighted by Gasteiger charge is 2.18. The first-order chi connectivity index (χ1) is 12.7. The molecule has 0 amide bonds. The number of nitrogens with zero attached hydrogens (tertiary/aromatic N) is 2. The van der Waals surface area contributed by atoms with Gasteiger partial charge in [-0.05, 0) is 60.8 Å². The lowest BCUT2D eigenvalue weighted by atomic mass is 10.0. The molecule has 26 heavy (non-hydrogen) atoms. The number of benzene rings is 2. The van der Waals surface area contributed by atoms with Crippen molar-refractivity contribution >= 4 is 28.6 Å². The van der Waals surface area contributed by atoms with Gasteiger partial charge in [-0.3, -0.25) is 5.43 Å².